The number of anilines is 1. The molecule has 21 heteroatoms. The number of nitrogens with one attached hydrogen (secondary N) is 4. The second kappa shape index (κ2) is 33.2. The number of carbonyl (C=O) groups excluding carboxylic acids is 6. The van der Waals surface area contributed by atoms with Crippen LogP contribution >= 0.6 is 0 Å². The molecule has 0 saturated carbocycles. The third-order valence-electron chi connectivity index (χ3n) is 8.00. The van der Waals surface area contributed by atoms with Crippen LogP contribution in [0.25, 0.3) is 0 Å². The number of carbonyl (C=O) groups is 7. The first kappa shape index (κ1) is 58.6. The van der Waals surface area contributed by atoms with Crippen LogP contribution in [-0.2, 0) is 73.1 Å². The number of hydrogen-bond donors (Lipinski definition) is 5. The molecule has 0 spiro atoms. The maximum Gasteiger partial charge on any atom is 0.407 e. The van der Waals surface area contributed by atoms with Crippen molar-refractivity contribution in [1.82, 2.24) is 16.0 Å². The van der Waals surface area contributed by atoms with E-state index in [0.29, 0.717) is 18.8 Å². The molecule has 0 aliphatic rings. The SMILES string of the molecule is CC(=O)Oc1ccc(CC(CC(C)C(=O)OC(C)(C)C)NC(=O)OC(C)(C)C)cc1NC(=O)CCOCCOCCOCCNC(=O)C#CC(=O)NCCOCCOCCOCCC(=O)O. The highest BCUT2D eigenvalue weighted by atomic mass is 16.6. The van der Waals surface area contributed by atoms with Gasteiger partial charge in [0.25, 0.3) is 11.8 Å². The number of amides is 4. The first-order valence-corrected chi connectivity index (χ1v) is 21.7. The largest absolute Gasteiger partial charge is 0.481 e. The summed E-state index contributed by atoms with van der Waals surface area (Å²) < 4.78 is 48.4. The molecule has 0 radical (unpaired) electrons. The minimum Gasteiger partial charge on any atom is -0.481 e. The van der Waals surface area contributed by atoms with Crippen LogP contribution in [0.5, 0.6) is 5.75 Å². The molecule has 1 aromatic rings. The van der Waals surface area contributed by atoms with Gasteiger partial charge in [0.05, 0.1) is 104 Å². The van der Waals surface area contributed by atoms with Crippen molar-refractivity contribution in [3.05, 3.63) is 23.8 Å². The van der Waals surface area contributed by atoms with Crippen LogP contribution in [0.1, 0.15) is 80.2 Å². The smallest absolute Gasteiger partial charge is 0.407 e. The summed E-state index contributed by atoms with van der Waals surface area (Å²) in [5.74, 6) is 0.328. The molecule has 2 unspecified atom stereocenters. The van der Waals surface area contributed by atoms with E-state index in [9.17, 15) is 33.6 Å². The van der Waals surface area contributed by atoms with Crippen molar-refractivity contribution in [3.8, 4) is 17.6 Å². The predicted octanol–water partition coefficient (Wildman–Crippen LogP) is 2.55. The van der Waals surface area contributed by atoms with Gasteiger partial charge in [0, 0.05) is 37.9 Å². The fourth-order valence-electron chi connectivity index (χ4n) is 5.22. The Morgan fingerprint density at radius 1 is 0.652 bits per heavy atom. The molecule has 5 N–H and O–H groups in total. The van der Waals surface area contributed by atoms with E-state index >= 15 is 0 Å². The Labute approximate surface area is 387 Å². The summed E-state index contributed by atoms with van der Waals surface area (Å²) in [5, 5.41) is 19.1. The molecule has 372 valence electrons. The van der Waals surface area contributed by atoms with Crippen LogP contribution in [0.3, 0.4) is 0 Å². The maximum atomic E-state index is 12.9. The molecule has 0 aliphatic heterocycles. The molecule has 4 amide bonds. The van der Waals surface area contributed by atoms with E-state index in [0.717, 1.165) is 0 Å². The average molecular weight is 939 g/mol. The second-order valence-corrected chi connectivity index (χ2v) is 16.5. The Morgan fingerprint density at radius 2 is 1.12 bits per heavy atom. The van der Waals surface area contributed by atoms with Gasteiger partial charge in [0.1, 0.15) is 11.2 Å². The molecular weight excluding hydrogens is 869 g/mol. The molecule has 1 rings (SSSR count). The van der Waals surface area contributed by atoms with Gasteiger partial charge >= 0.3 is 24.0 Å². The lowest BCUT2D eigenvalue weighted by atomic mass is 9.95. The van der Waals surface area contributed by atoms with E-state index in [4.69, 9.17) is 47.7 Å². The molecule has 0 aromatic heterocycles. The highest BCUT2D eigenvalue weighted by Gasteiger charge is 2.27. The maximum absolute atomic E-state index is 12.9. The standard InChI is InChI=1S/C45H70N4O17/c1-32(42(56)65-44(3,4)5)29-35(48-43(57)66-45(6,7)8)30-34-9-10-37(64-33(2)50)36(31-34)49-40(53)13-17-58-21-25-62-27-23-60-19-15-46-38(51)11-12-39(52)47-16-20-61-24-28-63-26-22-59-18-14-41(54)55/h9-10,31-32,35H,13-30H2,1-8H3,(H,46,51)(H,47,52)(H,48,57)(H,49,53)(H,54,55). The molecule has 21 nitrogen and oxygen atoms in total. The zero-order chi connectivity index (χ0) is 49.4. The monoisotopic (exact) mass is 938 g/mol. The molecular formula is C45H70N4O17. The number of esters is 2. The number of rotatable bonds is 32. The van der Waals surface area contributed by atoms with E-state index in [2.05, 4.69) is 33.1 Å². The third kappa shape index (κ3) is 33.2. The predicted molar refractivity (Wildman–Crippen MR) is 238 cm³/mol. The number of carboxylic acid groups (broad SMARTS) is 1. The first-order valence-electron chi connectivity index (χ1n) is 21.7. The molecule has 66 heavy (non-hydrogen) atoms. The van der Waals surface area contributed by atoms with Crippen LogP contribution in [0.15, 0.2) is 18.2 Å². The average Bonchev–Trinajstić information content (AvgIpc) is 3.20. The summed E-state index contributed by atoms with van der Waals surface area (Å²) in [7, 11) is 0. The van der Waals surface area contributed by atoms with Crippen molar-refractivity contribution >= 4 is 47.4 Å². The number of alkyl carbamates (subject to hydrolysis) is 1. The summed E-state index contributed by atoms with van der Waals surface area (Å²) in [6.07, 6.45) is -0.262. The Kier molecular flexibility index (Phi) is 29.5. The van der Waals surface area contributed by atoms with Crippen LogP contribution in [0.4, 0.5) is 10.5 Å². The van der Waals surface area contributed by atoms with Crippen LogP contribution in [-0.4, -0.2) is 156 Å². The van der Waals surface area contributed by atoms with Gasteiger partial charge in [-0.25, -0.2) is 4.79 Å². The lowest BCUT2D eigenvalue weighted by molar-refractivity contribution is -0.159. The number of ether oxygens (including phenoxy) is 9. The van der Waals surface area contributed by atoms with Crippen molar-refractivity contribution < 1.29 is 81.3 Å². The Morgan fingerprint density at radius 3 is 1.59 bits per heavy atom. The van der Waals surface area contributed by atoms with Crippen molar-refractivity contribution in [1.29, 1.82) is 0 Å². The van der Waals surface area contributed by atoms with E-state index < -0.39 is 64.9 Å². The fraction of sp³-hybridized carbons (Fsp3) is 0.667. The third-order valence-corrected chi connectivity index (χ3v) is 8.00. The van der Waals surface area contributed by atoms with Gasteiger partial charge in [0.2, 0.25) is 5.91 Å². The number of hydrogen-bond acceptors (Lipinski definition) is 16. The van der Waals surface area contributed by atoms with Crippen molar-refractivity contribution in [3.63, 3.8) is 0 Å². The molecule has 0 saturated heterocycles. The molecule has 1 aromatic carbocycles. The molecule has 0 aliphatic carbocycles. The second-order valence-electron chi connectivity index (χ2n) is 16.5. The van der Waals surface area contributed by atoms with Crippen molar-refractivity contribution in [2.75, 3.05) is 97.7 Å². The van der Waals surface area contributed by atoms with Crippen LogP contribution < -0.4 is 26.0 Å². The van der Waals surface area contributed by atoms with Crippen LogP contribution in [0.2, 0.25) is 0 Å². The molecule has 0 fully saturated rings. The first-order chi connectivity index (χ1) is 31.1. The van der Waals surface area contributed by atoms with Gasteiger partial charge in [-0.05, 0) is 72.1 Å². The lowest BCUT2D eigenvalue weighted by Gasteiger charge is -2.27. The molecule has 0 bridgehead atoms. The summed E-state index contributed by atoms with van der Waals surface area (Å²) in [5.41, 5.74) is -0.535. The van der Waals surface area contributed by atoms with Gasteiger partial charge in [-0.15, -0.1) is 0 Å². The topological polar surface area (TPSA) is 271 Å². The molecule has 2 atom stereocenters. The highest BCUT2D eigenvalue weighted by Crippen LogP contribution is 2.28. The van der Waals surface area contributed by atoms with Crippen molar-refractivity contribution in [2.45, 2.75) is 98.3 Å². The Hall–Kier alpha value is -5.37. The van der Waals surface area contributed by atoms with Gasteiger partial charge in [0.15, 0.2) is 5.75 Å². The minimum atomic E-state index is -0.927. The number of carboxylic acids is 1. The Bertz CT molecular complexity index is 1730. The zero-order valence-corrected chi connectivity index (χ0v) is 39.6. The fourth-order valence-corrected chi connectivity index (χ4v) is 5.22. The normalized spacial score (nSPS) is 12.1. The van der Waals surface area contributed by atoms with Crippen LogP contribution in [0, 0.1) is 17.8 Å². The van der Waals surface area contributed by atoms with Crippen molar-refractivity contribution in [2.24, 2.45) is 5.92 Å². The van der Waals surface area contributed by atoms with E-state index in [1.165, 1.54) is 6.92 Å². The zero-order valence-electron chi connectivity index (χ0n) is 39.6. The van der Waals surface area contributed by atoms with Gasteiger partial charge < -0.3 is 69.0 Å². The van der Waals surface area contributed by atoms with Gasteiger partial charge in [-0.3, -0.25) is 28.8 Å². The van der Waals surface area contributed by atoms with E-state index in [1.54, 1.807) is 66.7 Å². The summed E-state index contributed by atoms with van der Waals surface area (Å²) in [4.78, 5) is 84.4. The Balaban J connectivity index is 2.37. The van der Waals surface area contributed by atoms with Gasteiger partial charge in [-0.2, -0.15) is 0 Å². The summed E-state index contributed by atoms with van der Waals surface area (Å²) in [6.45, 7) is 16.6. The minimum absolute atomic E-state index is 0.0192. The summed E-state index contributed by atoms with van der Waals surface area (Å²) in [6, 6.07) is 4.31. The number of aliphatic carboxylic acids is 1. The lowest BCUT2D eigenvalue weighted by Crippen LogP contribution is -2.42. The summed E-state index contributed by atoms with van der Waals surface area (Å²) >= 11 is 0. The van der Waals surface area contributed by atoms with Gasteiger partial charge in [-0.1, -0.05) is 13.0 Å². The highest BCUT2D eigenvalue weighted by molar-refractivity contribution is 6.02. The van der Waals surface area contributed by atoms with E-state index in [1.807, 2.05) is 0 Å². The quantitative estimate of drug-likeness (QED) is 0.0301. The van der Waals surface area contributed by atoms with E-state index in [-0.39, 0.29) is 116 Å². The molecule has 0 heterocycles. The number of benzene rings is 1.